The predicted octanol–water partition coefficient (Wildman–Crippen LogP) is 2.63. The molecule has 1 fully saturated rings. The Labute approximate surface area is 210 Å². The van der Waals surface area contributed by atoms with E-state index in [1.165, 1.54) is 36.3 Å². The van der Waals surface area contributed by atoms with Crippen LogP contribution >= 0.6 is 0 Å². The standard InChI is InChI=1S/C25H35N3O8/c1-16(2)13-19(24(33)27(15-22(30)31)20-7-5-4-6-8-20)14-21(29)28(35)26-23(32)17-9-11-18(12-10-17)25(34)36-3/h9-12,16,19-20,35H,4-8,13-15H2,1-3H3,(H,26,32)(H,30,31)/t19-/m1/s1. The Morgan fingerprint density at radius 2 is 1.61 bits per heavy atom. The van der Waals surface area contributed by atoms with Crippen molar-refractivity contribution in [1.82, 2.24) is 15.5 Å². The van der Waals surface area contributed by atoms with Gasteiger partial charge in [-0.1, -0.05) is 33.1 Å². The fourth-order valence-electron chi connectivity index (χ4n) is 4.40. The fraction of sp³-hybridized carbons (Fsp3) is 0.560. The summed E-state index contributed by atoms with van der Waals surface area (Å²) < 4.78 is 4.60. The lowest BCUT2D eigenvalue weighted by atomic mass is 9.89. The molecule has 0 heterocycles. The number of ether oxygens (including phenoxy) is 1. The summed E-state index contributed by atoms with van der Waals surface area (Å²) in [7, 11) is 1.23. The van der Waals surface area contributed by atoms with E-state index in [1.54, 1.807) is 0 Å². The molecule has 11 heteroatoms. The highest BCUT2D eigenvalue weighted by Crippen LogP contribution is 2.27. The number of carboxylic acid groups (broad SMARTS) is 1. The number of nitrogens with zero attached hydrogens (tertiary/aromatic N) is 2. The highest BCUT2D eigenvalue weighted by atomic mass is 16.6. The Kier molecular flexibility index (Phi) is 10.8. The Morgan fingerprint density at radius 3 is 2.14 bits per heavy atom. The molecule has 0 aromatic heterocycles. The maximum Gasteiger partial charge on any atom is 0.337 e. The molecule has 2 rings (SSSR count). The Bertz CT molecular complexity index is 941. The number of methoxy groups -OCH3 is 1. The van der Waals surface area contributed by atoms with Gasteiger partial charge in [-0.2, -0.15) is 0 Å². The van der Waals surface area contributed by atoms with E-state index in [9.17, 15) is 34.3 Å². The Morgan fingerprint density at radius 1 is 1.03 bits per heavy atom. The number of esters is 1. The van der Waals surface area contributed by atoms with Gasteiger partial charge in [-0.3, -0.25) is 24.4 Å². The van der Waals surface area contributed by atoms with E-state index in [2.05, 4.69) is 4.74 Å². The zero-order valence-electron chi connectivity index (χ0n) is 20.9. The van der Waals surface area contributed by atoms with Gasteiger partial charge in [-0.25, -0.2) is 10.2 Å². The average molecular weight is 506 g/mol. The van der Waals surface area contributed by atoms with Crippen molar-refractivity contribution in [3.63, 3.8) is 0 Å². The summed E-state index contributed by atoms with van der Waals surface area (Å²) in [5.74, 6) is -4.69. The van der Waals surface area contributed by atoms with Gasteiger partial charge in [-0.15, -0.1) is 5.17 Å². The first-order valence-electron chi connectivity index (χ1n) is 12.1. The maximum absolute atomic E-state index is 13.4. The third kappa shape index (κ3) is 8.33. The van der Waals surface area contributed by atoms with Crippen LogP contribution in [0.5, 0.6) is 0 Å². The molecule has 0 aliphatic heterocycles. The molecule has 0 saturated heterocycles. The van der Waals surface area contributed by atoms with Crippen molar-refractivity contribution in [2.75, 3.05) is 13.7 Å². The lowest BCUT2D eigenvalue weighted by molar-refractivity contribution is -0.178. The number of hydroxylamine groups is 1. The van der Waals surface area contributed by atoms with Gasteiger partial charge >= 0.3 is 11.9 Å². The van der Waals surface area contributed by atoms with E-state index in [4.69, 9.17) is 0 Å². The molecule has 198 valence electrons. The third-order valence-electron chi connectivity index (χ3n) is 6.14. The molecule has 1 atom stereocenters. The number of hydrazine groups is 1. The summed E-state index contributed by atoms with van der Waals surface area (Å²) in [6.07, 6.45) is 4.15. The van der Waals surface area contributed by atoms with Crippen LogP contribution in [0.25, 0.3) is 0 Å². The van der Waals surface area contributed by atoms with Crippen molar-refractivity contribution in [1.29, 1.82) is 0 Å². The molecule has 36 heavy (non-hydrogen) atoms. The lowest BCUT2D eigenvalue weighted by Crippen LogP contribution is -2.49. The minimum atomic E-state index is -1.13. The Hall–Kier alpha value is -3.47. The van der Waals surface area contributed by atoms with Crippen LogP contribution in [0.4, 0.5) is 0 Å². The Balaban J connectivity index is 2.09. The number of carbonyl (C=O) groups is 5. The minimum Gasteiger partial charge on any atom is -0.480 e. The highest BCUT2D eigenvalue weighted by molar-refractivity contribution is 5.97. The number of hydrogen-bond acceptors (Lipinski definition) is 7. The molecule has 0 spiro atoms. The summed E-state index contributed by atoms with van der Waals surface area (Å²) in [5, 5.41) is 19.6. The van der Waals surface area contributed by atoms with Crippen LogP contribution < -0.4 is 5.43 Å². The molecular weight excluding hydrogens is 470 g/mol. The molecule has 1 saturated carbocycles. The van der Waals surface area contributed by atoms with Gasteiger partial charge in [0.25, 0.3) is 11.8 Å². The normalized spacial score (nSPS) is 14.6. The predicted molar refractivity (Wildman–Crippen MR) is 128 cm³/mol. The second-order valence-corrected chi connectivity index (χ2v) is 9.40. The van der Waals surface area contributed by atoms with Crippen molar-refractivity contribution in [2.45, 2.75) is 64.8 Å². The third-order valence-corrected chi connectivity index (χ3v) is 6.14. The van der Waals surface area contributed by atoms with Gasteiger partial charge in [0, 0.05) is 23.9 Å². The van der Waals surface area contributed by atoms with Crippen LogP contribution in [-0.2, 0) is 19.1 Å². The average Bonchev–Trinajstić information content (AvgIpc) is 2.86. The number of rotatable bonds is 10. The van der Waals surface area contributed by atoms with Crippen LogP contribution in [0.1, 0.15) is 79.5 Å². The second kappa shape index (κ2) is 13.6. The van der Waals surface area contributed by atoms with Gasteiger partial charge in [0.2, 0.25) is 5.91 Å². The molecule has 0 unspecified atom stereocenters. The molecular formula is C25H35N3O8. The quantitative estimate of drug-likeness (QED) is 0.249. The highest BCUT2D eigenvalue weighted by Gasteiger charge is 2.34. The number of amides is 3. The number of hydrogen-bond donors (Lipinski definition) is 3. The van der Waals surface area contributed by atoms with Crippen LogP contribution in [0.3, 0.4) is 0 Å². The van der Waals surface area contributed by atoms with Crippen molar-refractivity contribution in [3.8, 4) is 0 Å². The number of carboxylic acids is 1. The minimum absolute atomic E-state index is 0.0276. The topological polar surface area (TPSA) is 154 Å². The lowest BCUT2D eigenvalue weighted by Gasteiger charge is -2.36. The SMILES string of the molecule is COC(=O)c1ccc(C(=O)NN(O)C(=O)C[C@@H](CC(C)C)C(=O)N(CC(=O)O)C2CCCCC2)cc1. The summed E-state index contributed by atoms with van der Waals surface area (Å²) in [4.78, 5) is 62.9. The van der Waals surface area contributed by atoms with Crippen molar-refractivity contribution >= 4 is 29.7 Å². The summed E-state index contributed by atoms with van der Waals surface area (Å²) in [6, 6.07) is 5.19. The molecule has 11 nitrogen and oxygen atoms in total. The molecule has 1 aromatic carbocycles. The summed E-state index contributed by atoms with van der Waals surface area (Å²) >= 11 is 0. The number of carbonyl (C=O) groups excluding carboxylic acids is 4. The second-order valence-electron chi connectivity index (χ2n) is 9.40. The zero-order chi connectivity index (χ0) is 26.8. The molecule has 1 aliphatic carbocycles. The van der Waals surface area contributed by atoms with E-state index < -0.39 is 48.5 Å². The van der Waals surface area contributed by atoms with Crippen molar-refractivity contribution in [3.05, 3.63) is 35.4 Å². The zero-order valence-corrected chi connectivity index (χ0v) is 20.9. The van der Waals surface area contributed by atoms with E-state index in [1.807, 2.05) is 19.3 Å². The number of aliphatic carboxylic acids is 1. The fourth-order valence-corrected chi connectivity index (χ4v) is 4.40. The first kappa shape index (κ1) is 28.8. The van der Waals surface area contributed by atoms with Crippen LogP contribution in [0, 0.1) is 11.8 Å². The maximum atomic E-state index is 13.4. The van der Waals surface area contributed by atoms with Crippen LogP contribution in [0.15, 0.2) is 24.3 Å². The molecule has 3 amide bonds. The molecule has 1 aliphatic rings. The van der Waals surface area contributed by atoms with Gasteiger partial charge in [0.15, 0.2) is 0 Å². The van der Waals surface area contributed by atoms with Crippen molar-refractivity contribution in [2.24, 2.45) is 11.8 Å². The number of nitrogens with one attached hydrogen (secondary N) is 1. The summed E-state index contributed by atoms with van der Waals surface area (Å²) in [6.45, 7) is 3.31. The largest absolute Gasteiger partial charge is 0.480 e. The monoisotopic (exact) mass is 505 g/mol. The van der Waals surface area contributed by atoms with Gasteiger partial charge in [0.1, 0.15) is 6.54 Å². The van der Waals surface area contributed by atoms with Gasteiger partial charge in [-0.05, 0) is 49.4 Å². The van der Waals surface area contributed by atoms with Crippen LogP contribution in [-0.4, -0.2) is 69.7 Å². The first-order chi connectivity index (χ1) is 17.0. The van der Waals surface area contributed by atoms with E-state index in [0.717, 1.165) is 19.3 Å². The van der Waals surface area contributed by atoms with E-state index >= 15 is 0 Å². The summed E-state index contributed by atoms with van der Waals surface area (Å²) in [5.41, 5.74) is 2.35. The van der Waals surface area contributed by atoms with Gasteiger partial charge < -0.3 is 14.7 Å². The molecule has 0 radical (unpaired) electrons. The van der Waals surface area contributed by atoms with E-state index in [-0.39, 0.29) is 28.3 Å². The first-order valence-corrected chi connectivity index (χ1v) is 12.1. The molecule has 3 N–H and O–H groups in total. The smallest absolute Gasteiger partial charge is 0.337 e. The van der Waals surface area contributed by atoms with Crippen LogP contribution in [0.2, 0.25) is 0 Å². The number of benzene rings is 1. The van der Waals surface area contributed by atoms with Gasteiger partial charge in [0.05, 0.1) is 12.7 Å². The molecule has 1 aromatic rings. The van der Waals surface area contributed by atoms with E-state index in [0.29, 0.717) is 19.3 Å². The van der Waals surface area contributed by atoms with Crippen molar-refractivity contribution < 1.29 is 39.0 Å². The molecule has 0 bridgehead atoms.